The molecule has 1 spiro atoms. The molecule has 0 bridgehead atoms. The summed E-state index contributed by atoms with van der Waals surface area (Å²) in [6.07, 6.45) is 3.86. The Morgan fingerprint density at radius 2 is 1.90 bits per heavy atom. The quantitative estimate of drug-likeness (QED) is 0.743. The lowest BCUT2D eigenvalue weighted by molar-refractivity contribution is -0.151. The summed E-state index contributed by atoms with van der Waals surface area (Å²) in [4.78, 5) is 26.2. The van der Waals surface area contributed by atoms with Gasteiger partial charge in [-0.15, -0.1) is 0 Å². The van der Waals surface area contributed by atoms with Crippen molar-refractivity contribution in [3.05, 3.63) is 40.6 Å². The molecule has 29 heavy (non-hydrogen) atoms. The van der Waals surface area contributed by atoms with Crippen LogP contribution in [-0.4, -0.2) is 30.6 Å². The van der Waals surface area contributed by atoms with Crippen molar-refractivity contribution in [2.75, 3.05) is 7.11 Å². The molecule has 1 fully saturated rings. The third-order valence-corrected chi connectivity index (χ3v) is 6.65. The third-order valence-electron chi connectivity index (χ3n) is 6.65. The lowest BCUT2D eigenvalue weighted by Crippen LogP contribution is -2.49. The number of carbonyl (C=O) groups excluding carboxylic acids is 2. The van der Waals surface area contributed by atoms with Crippen molar-refractivity contribution in [2.45, 2.75) is 78.4 Å². The van der Waals surface area contributed by atoms with E-state index in [1.165, 1.54) is 0 Å². The second kappa shape index (κ2) is 7.94. The predicted octanol–water partition coefficient (Wildman–Crippen LogP) is 4.45. The van der Waals surface area contributed by atoms with Crippen LogP contribution < -0.4 is 5.32 Å². The molecule has 1 amide bonds. The van der Waals surface area contributed by atoms with Gasteiger partial charge in [-0.2, -0.15) is 0 Å². The minimum absolute atomic E-state index is 0.160. The van der Waals surface area contributed by atoms with E-state index in [0.29, 0.717) is 30.6 Å². The van der Waals surface area contributed by atoms with E-state index in [1.807, 2.05) is 52.8 Å². The highest BCUT2D eigenvalue weighted by molar-refractivity contribution is 6.24. The van der Waals surface area contributed by atoms with Crippen LogP contribution in [0.1, 0.15) is 69.6 Å². The van der Waals surface area contributed by atoms with E-state index in [0.717, 1.165) is 29.5 Å². The molecular formula is C24H33NO4. The first-order valence-corrected chi connectivity index (χ1v) is 10.5. The summed E-state index contributed by atoms with van der Waals surface area (Å²) in [5, 5.41) is 3.19. The molecule has 1 aliphatic heterocycles. The van der Waals surface area contributed by atoms with Crippen LogP contribution in [0.15, 0.2) is 24.0 Å². The van der Waals surface area contributed by atoms with Gasteiger partial charge in [-0.1, -0.05) is 30.7 Å². The molecule has 1 heterocycles. The number of carbonyl (C=O) groups is 2. The fraction of sp³-hybridized carbons (Fsp3) is 0.583. The van der Waals surface area contributed by atoms with Crippen molar-refractivity contribution >= 4 is 17.4 Å². The Bertz CT molecular complexity index is 844. The number of rotatable bonds is 5. The molecule has 5 nitrogen and oxygen atoms in total. The van der Waals surface area contributed by atoms with E-state index in [-0.39, 0.29) is 18.0 Å². The van der Waals surface area contributed by atoms with Crippen LogP contribution >= 0.6 is 0 Å². The van der Waals surface area contributed by atoms with E-state index >= 15 is 0 Å². The van der Waals surface area contributed by atoms with Crippen LogP contribution in [0.25, 0.3) is 5.57 Å². The Labute approximate surface area is 173 Å². The molecule has 0 atom stereocenters. The molecule has 0 saturated heterocycles. The smallest absolute Gasteiger partial charge is 0.316 e. The van der Waals surface area contributed by atoms with E-state index in [4.69, 9.17) is 9.47 Å². The molecule has 0 radical (unpaired) electrons. The number of esters is 1. The molecular weight excluding hydrogens is 366 g/mol. The topological polar surface area (TPSA) is 64.6 Å². The second-order valence-electron chi connectivity index (χ2n) is 9.12. The van der Waals surface area contributed by atoms with Crippen molar-refractivity contribution in [3.63, 3.8) is 0 Å². The summed E-state index contributed by atoms with van der Waals surface area (Å²) in [6.45, 7) is 9.72. The molecule has 2 aliphatic rings. The highest BCUT2D eigenvalue weighted by Gasteiger charge is 2.50. The minimum Gasteiger partial charge on any atom is -0.427 e. The summed E-state index contributed by atoms with van der Waals surface area (Å²) in [7, 11) is 1.72. The lowest BCUT2D eigenvalue weighted by Gasteiger charge is -2.38. The van der Waals surface area contributed by atoms with E-state index in [1.54, 1.807) is 7.11 Å². The molecule has 0 unspecified atom stereocenters. The van der Waals surface area contributed by atoms with Gasteiger partial charge in [-0.25, -0.2) is 0 Å². The largest absolute Gasteiger partial charge is 0.427 e. The molecule has 1 aromatic carbocycles. The fourth-order valence-corrected chi connectivity index (χ4v) is 4.12. The zero-order valence-corrected chi connectivity index (χ0v) is 18.5. The number of benzene rings is 1. The second-order valence-corrected chi connectivity index (χ2v) is 9.12. The maximum atomic E-state index is 13.2. The van der Waals surface area contributed by atoms with Crippen LogP contribution in [-0.2, 0) is 19.1 Å². The molecule has 1 aliphatic carbocycles. The number of hydrogen-bond acceptors (Lipinski definition) is 4. The van der Waals surface area contributed by atoms with Gasteiger partial charge in [-0.05, 0) is 70.9 Å². The summed E-state index contributed by atoms with van der Waals surface area (Å²) in [6, 6.07) is 6.04. The van der Waals surface area contributed by atoms with Crippen LogP contribution in [0.5, 0.6) is 0 Å². The zero-order chi connectivity index (χ0) is 21.4. The monoisotopic (exact) mass is 399 g/mol. The Balaban J connectivity index is 2.12. The maximum Gasteiger partial charge on any atom is 0.316 e. The number of ether oxygens (including phenoxy) is 2. The van der Waals surface area contributed by atoms with Gasteiger partial charge in [0.2, 0.25) is 0 Å². The summed E-state index contributed by atoms with van der Waals surface area (Å²) >= 11 is 0. The van der Waals surface area contributed by atoms with Crippen LogP contribution in [0.2, 0.25) is 0 Å². The highest BCUT2D eigenvalue weighted by Crippen LogP contribution is 2.45. The number of hydrogen-bond donors (Lipinski definition) is 1. The predicted molar refractivity (Wildman–Crippen MR) is 113 cm³/mol. The molecule has 1 saturated carbocycles. The summed E-state index contributed by atoms with van der Waals surface area (Å²) in [5.41, 5.74) is 2.14. The number of amides is 1. The van der Waals surface area contributed by atoms with Crippen LogP contribution in [0.3, 0.4) is 0 Å². The van der Waals surface area contributed by atoms with Gasteiger partial charge >= 0.3 is 5.97 Å². The Morgan fingerprint density at radius 1 is 1.24 bits per heavy atom. The van der Waals surface area contributed by atoms with Gasteiger partial charge in [0.15, 0.2) is 0 Å². The van der Waals surface area contributed by atoms with Gasteiger partial charge in [0.25, 0.3) is 5.91 Å². The van der Waals surface area contributed by atoms with Gasteiger partial charge in [0, 0.05) is 7.11 Å². The summed E-state index contributed by atoms with van der Waals surface area (Å²) in [5.74, 6) is 0.0477. The van der Waals surface area contributed by atoms with Gasteiger partial charge in [0.05, 0.1) is 22.6 Å². The molecule has 3 rings (SSSR count). The Kier molecular flexibility index (Phi) is 5.91. The Morgan fingerprint density at radius 3 is 2.48 bits per heavy atom. The maximum absolute atomic E-state index is 13.2. The van der Waals surface area contributed by atoms with Crippen molar-refractivity contribution in [1.82, 2.24) is 5.32 Å². The van der Waals surface area contributed by atoms with Gasteiger partial charge < -0.3 is 14.8 Å². The molecule has 158 valence electrons. The van der Waals surface area contributed by atoms with Crippen LogP contribution in [0, 0.1) is 19.3 Å². The van der Waals surface area contributed by atoms with E-state index in [9.17, 15) is 9.59 Å². The van der Waals surface area contributed by atoms with Crippen LogP contribution in [0.4, 0.5) is 0 Å². The first kappa shape index (κ1) is 21.6. The minimum atomic E-state index is -0.642. The molecule has 1 N–H and O–H groups in total. The average molecular weight is 400 g/mol. The highest BCUT2D eigenvalue weighted by atomic mass is 16.5. The van der Waals surface area contributed by atoms with Crippen molar-refractivity contribution in [1.29, 1.82) is 0 Å². The van der Waals surface area contributed by atoms with Gasteiger partial charge in [0.1, 0.15) is 5.76 Å². The number of aryl methyl sites for hydroxylation is 2. The van der Waals surface area contributed by atoms with E-state index in [2.05, 4.69) is 5.32 Å². The van der Waals surface area contributed by atoms with Crippen molar-refractivity contribution < 1.29 is 19.1 Å². The van der Waals surface area contributed by atoms with Crippen molar-refractivity contribution in [3.8, 4) is 0 Å². The standard InChI is InChI=1S/C24H33NO4/c1-7-23(4,5)22(27)29-20-19(18-14-15(2)8-9-16(18)3)21(26)25-24(20)12-10-17(28-6)11-13-24/h8-9,14,17H,7,10-13H2,1-6H3,(H,25,26)/t17-,24+. The van der Waals surface area contributed by atoms with Gasteiger partial charge in [-0.3, -0.25) is 9.59 Å². The fourth-order valence-electron chi connectivity index (χ4n) is 4.12. The van der Waals surface area contributed by atoms with E-state index < -0.39 is 11.0 Å². The first-order chi connectivity index (χ1) is 13.6. The zero-order valence-electron chi connectivity index (χ0n) is 18.5. The molecule has 0 aromatic heterocycles. The normalized spacial score (nSPS) is 24.8. The number of nitrogens with one attached hydrogen (secondary N) is 1. The summed E-state index contributed by atoms with van der Waals surface area (Å²) < 4.78 is 11.6. The number of methoxy groups -OCH3 is 1. The van der Waals surface area contributed by atoms with Crippen molar-refractivity contribution in [2.24, 2.45) is 5.41 Å². The Hall–Kier alpha value is -2.14. The average Bonchev–Trinajstić information content (AvgIpc) is 2.95. The first-order valence-electron chi connectivity index (χ1n) is 10.5. The lowest BCUT2D eigenvalue weighted by atomic mass is 9.78. The molecule has 5 heteroatoms. The molecule has 1 aromatic rings. The third kappa shape index (κ3) is 3.97. The SMILES string of the molecule is CCC(C)(C)C(=O)OC1=C(c2cc(C)ccc2C)C(=O)N[C@]12CC[C@@H](OC)CC2.